The van der Waals surface area contributed by atoms with Gasteiger partial charge in [0.15, 0.2) is 33.9 Å². The van der Waals surface area contributed by atoms with Crippen molar-refractivity contribution in [3.8, 4) is 33.8 Å². The van der Waals surface area contributed by atoms with Crippen LogP contribution >= 0.6 is 22.7 Å². The van der Waals surface area contributed by atoms with Gasteiger partial charge in [0.05, 0.1) is 73.3 Å². The molecule has 3 amide bonds. The molecule has 9 aromatic heterocycles. The van der Waals surface area contributed by atoms with E-state index in [1.54, 1.807) is 18.2 Å². The second-order valence-corrected chi connectivity index (χ2v) is 28.5. The molecule has 0 bridgehead atoms. The molecule has 0 saturated heterocycles. The van der Waals surface area contributed by atoms with Crippen molar-refractivity contribution in [3.63, 3.8) is 0 Å². The number of carbonyl (C=O) groups is 3. The molecule has 0 spiro atoms. The van der Waals surface area contributed by atoms with E-state index in [4.69, 9.17) is 36.9 Å². The van der Waals surface area contributed by atoms with Gasteiger partial charge in [0.25, 0.3) is 17.7 Å². The molecule has 3 aliphatic rings. The van der Waals surface area contributed by atoms with Crippen molar-refractivity contribution in [1.82, 2.24) is 85.2 Å². The van der Waals surface area contributed by atoms with Crippen LogP contribution in [-0.4, -0.2) is 121 Å². The number of rotatable bonds is 15. The van der Waals surface area contributed by atoms with Crippen molar-refractivity contribution in [2.45, 2.75) is 114 Å². The number of aromatic nitrogens is 14. The molecule has 12 N–H and O–H groups in total. The average molecular weight is 1440 g/mol. The van der Waals surface area contributed by atoms with E-state index in [-0.39, 0.29) is 54.2 Å². The zero-order valence-corrected chi connectivity index (χ0v) is 58.0. The molecule has 105 heavy (non-hydrogen) atoms. The molecule has 6 atom stereocenters. The highest BCUT2D eigenvalue weighted by atomic mass is 32.1. The SMILES string of the molecule is Nc1ncnc2c1c(-c1ccc(CNC(=O)c3cc4ccccc4s3)cc1)nn2C1CCC(O)C1.Nc1ncnc2c1c(-c1ccc(CNC(=O)c3cccc4ncoc34)cc1)nn2C1CCC(O)C1.Nc1ncnc2c1c(-c1ccc(CNC(=O)c3nc4ccccc4s3)cc1)nn2C1CCC(O)C1. The smallest absolute Gasteiger partial charge is 0.280 e. The minimum absolute atomic E-state index is 0.0684. The summed E-state index contributed by atoms with van der Waals surface area (Å²) in [5.74, 6) is 0.626. The number of aliphatic hydroxyl groups is 3. The van der Waals surface area contributed by atoms with Gasteiger partial charge in [-0.05, 0) is 116 Å². The Labute approximate surface area is 606 Å². The quantitative estimate of drug-likeness (QED) is 0.0460. The van der Waals surface area contributed by atoms with E-state index in [9.17, 15) is 29.7 Å². The summed E-state index contributed by atoms with van der Waals surface area (Å²) < 4.78 is 13.1. The summed E-state index contributed by atoms with van der Waals surface area (Å²) in [6.07, 6.45) is 11.4. The van der Waals surface area contributed by atoms with E-state index in [1.807, 2.05) is 141 Å². The fourth-order valence-corrected chi connectivity index (χ4v) is 16.0. The van der Waals surface area contributed by atoms with Crippen LogP contribution < -0.4 is 33.2 Å². The normalized spacial score (nSPS) is 17.9. The number of fused-ring (bicyclic) bond motifs is 6. The number of anilines is 3. The second kappa shape index (κ2) is 29.0. The number of para-hydroxylation sites is 2. The van der Waals surface area contributed by atoms with Crippen LogP contribution in [0.2, 0.25) is 0 Å². The lowest BCUT2D eigenvalue weighted by molar-refractivity contribution is 0.0943. The lowest BCUT2D eigenvalue weighted by atomic mass is 10.1. The molecular formula is C76H70N20O7S2. The summed E-state index contributed by atoms with van der Waals surface area (Å²) in [4.78, 5) is 73.0. The Bertz CT molecular complexity index is 5440. The van der Waals surface area contributed by atoms with Gasteiger partial charge in [0, 0.05) is 41.0 Å². The van der Waals surface area contributed by atoms with Crippen molar-refractivity contribution in [2.75, 3.05) is 17.2 Å². The van der Waals surface area contributed by atoms with Gasteiger partial charge in [0.1, 0.15) is 59.0 Å². The topological polar surface area (TPSA) is 396 Å². The largest absolute Gasteiger partial charge is 0.443 e. The van der Waals surface area contributed by atoms with Crippen LogP contribution in [0.4, 0.5) is 17.5 Å². The Balaban J connectivity index is 0.000000121. The summed E-state index contributed by atoms with van der Waals surface area (Å²) in [5, 5.41) is 57.1. The number of carbonyl (C=O) groups excluding carboxylic acids is 3. The Hall–Kier alpha value is -12.0. The van der Waals surface area contributed by atoms with Gasteiger partial charge < -0.3 is 52.9 Å². The molecule has 3 saturated carbocycles. The monoisotopic (exact) mass is 1440 g/mol. The van der Waals surface area contributed by atoms with E-state index >= 15 is 0 Å². The van der Waals surface area contributed by atoms with Crippen LogP contribution in [0, 0.1) is 0 Å². The van der Waals surface area contributed by atoms with Crippen LogP contribution in [0.15, 0.2) is 175 Å². The number of hydrogen-bond acceptors (Lipinski definition) is 23. The van der Waals surface area contributed by atoms with E-state index in [0.717, 1.165) is 103 Å². The Morgan fingerprint density at radius 1 is 0.457 bits per heavy atom. The maximum absolute atomic E-state index is 12.7. The molecule has 528 valence electrons. The third kappa shape index (κ3) is 13.8. The molecule has 3 aliphatic carbocycles. The summed E-state index contributed by atoms with van der Waals surface area (Å²) in [6.45, 7) is 1.16. The highest BCUT2D eigenvalue weighted by molar-refractivity contribution is 7.21. The predicted molar refractivity (Wildman–Crippen MR) is 401 cm³/mol. The highest BCUT2D eigenvalue weighted by Gasteiger charge is 2.32. The summed E-state index contributed by atoms with van der Waals surface area (Å²) >= 11 is 2.88. The van der Waals surface area contributed by atoms with Crippen molar-refractivity contribution in [1.29, 1.82) is 0 Å². The lowest BCUT2D eigenvalue weighted by Crippen LogP contribution is -2.22. The fraction of sp³-hybridized carbons (Fsp3) is 0.237. The third-order valence-corrected chi connectivity index (χ3v) is 21.7. The maximum atomic E-state index is 12.7. The van der Waals surface area contributed by atoms with Gasteiger partial charge in [-0.2, -0.15) is 15.3 Å². The first-order chi connectivity index (χ1) is 51.2. The maximum Gasteiger partial charge on any atom is 0.280 e. The second-order valence-electron chi connectivity index (χ2n) is 26.4. The number of oxazole rings is 1. The number of hydrogen-bond donors (Lipinski definition) is 9. The van der Waals surface area contributed by atoms with Crippen LogP contribution in [0.25, 0.3) is 98.3 Å². The van der Waals surface area contributed by atoms with Crippen molar-refractivity contribution >= 4 is 122 Å². The number of thiazole rings is 1. The van der Waals surface area contributed by atoms with Gasteiger partial charge in [-0.15, -0.1) is 22.7 Å². The third-order valence-electron chi connectivity index (χ3n) is 19.5. The molecule has 9 heterocycles. The zero-order valence-electron chi connectivity index (χ0n) is 56.4. The molecule has 3 fully saturated rings. The molecular weight excluding hydrogens is 1370 g/mol. The van der Waals surface area contributed by atoms with Gasteiger partial charge >= 0.3 is 0 Å². The number of benzene rings is 6. The average Bonchev–Trinajstić information content (AvgIpc) is 1.62. The molecule has 18 rings (SSSR count). The standard InChI is InChI=1S/C26H24N6O2S.C25H23N7O3.C25H23N7O2S/c27-24-22-23(31-32(25(22)30-14-29-24)18-9-10-19(33)12-18)16-7-5-15(6-8-16)13-28-26(34)21-11-17-3-1-2-4-20(17)35-21;26-23-20-21(31-32(24(20)29-12-28-23)16-8-9-17(33)10-16)15-6-4-14(5-7-15)11-27-25(34)18-2-1-3-19-22(18)35-13-30-19;26-22-20-21(31-32(23(20)29-13-28-22)16-9-10-17(33)11-16)15-7-5-14(6-8-15)12-27-24(34)25-30-18-3-1-2-4-19(18)35-25/h1-8,11,14,18-19,33H,9-10,12-13H2,(H,28,34)(H2,27,29,30);1-7,12-13,16-17,33H,8-11H2,(H,27,34)(H2,26,28,29);1-8,13,16-17,33H,9-12H2,(H,27,34)(H2,26,28,29). The molecule has 6 aromatic carbocycles. The number of thiophene rings is 1. The number of nitrogens with zero attached hydrogens (tertiary/aromatic N) is 14. The molecule has 15 aromatic rings. The molecule has 0 radical (unpaired) electrons. The Morgan fingerprint density at radius 3 is 1.33 bits per heavy atom. The first-order valence-electron chi connectivity index (χ1n) is 34.5. The minimum atomic E-state index is -0.326. The Morgan fingerprint density at radius 2 is 0.886 bits per heavy atom. The molecule has 27 nitrogen and oxygen atoms in total. The molecule has 29 heteroatoms. The van der Waals surface area contributed by atoms with Gasteiger partial charge in [-0.1, -0.05) is 109 Å². The number of amides is 3. The van der Waals surface area contributed by atoms with Crippen molar-refractivity contribution in [3.05, 3.63) is 203 Å². The summed E-state index contributed by atoms with van der Waals surface area (Å²) in [7, 11) is 0. The van der Waals surface area contributed by atoms with Gasteiger partial charge in [-0.3, -0.25) is 14.4 Å². The summed E-state index contributed by atoms with van der Waals surface area (Å²) in [6, 6.07) is 46.6. The highest BCUT2D eigenvalue weighted by Crippen LogP contribution is 2.41. The predicted octanol–water partition coefficient (Wildman–Crippen LogP) is 11.2. The summed E-state index contributed by atoms with van der Waals surface area (Å²) in [5.41, 5.74) is 30.7. The van der Waals surface area contributed by atoms with Crippen molar-refractivity contribution < 1.29 is 34.1 Å². The Kier molecular flexibility index (Phi) is 18.6. The van der Waals surface area contributed by atoms with Gasteiger partial charge in [-0.25, -0.2) is 53.9 Å². The number of nitrogen functional groups attached to an aromatic ring is 3. The van der Waals surface area contributed by atoms with E-state index < -0.39 is 0 Å². The fourth-order valence-electron chi connectivity index (χ4n) is 14.1. The number of aliphatic hydroxyl groups excluding tert-OH is 3. The van der Waals surface area contributed by atoms with E-state index in [0.29, 0.717) is 122 Å². The van der Waals surface area contributed by atoms with Crippen LogP contribution in [0.1, 0.15) is 122 Å². The van der Waals surface area contributed by atoms with Gasteiger partial charge in [0.2, 0.25) is 0 Å². The molecule has 0 aliphatic heterocycles. The first kappa shape index (κ1) is 67.5. The number of nitrogens with two attached hydrogens (primary N) is 3. The van der Waals surface area contributed by atoms with E-state index in [2.05, 4.69) is 55.8 Å². The van der Waals surface area contributed by atoms with E-state index in [1.165, 1.54) is 48.0 Å². The lowest BCUT2D eigenvalue weighted by Gasteiger charge is -2.10. The zero-order chi connectivity index (χ0) is 71.8. The minimum Gasteiger partial charge on any atom is -0.443 e. The molecule has 6 unspecified atom stereocenters. The first-order valence-corrected chi connectivity index (χ1v) is 36.1. The van der Waals surface area contributed by atoms with Crippen molar-refractivity contribution in [2.24, 2.45) is 0 Å². The van der Waals surface area contributed by atoms with Crippen LogP contribution in [-0.2, 0) is 19.6 Å². The van der Waals surface area contributed by atoms with Crippen LogP contribution in [0.5, 0.6) is 0 Å². The van der Waals surface area contributed by atoms with Crippen LogP contribution in [0.3, 0.4) is 0 Å². The number of nitrogens with one attached hydrogen (secondary N) is 3.